The quantitative estimate of drug-likeness (QED) is 0.417. The van der Waals surface area contributed by atoms with Crippen molar-refractivity contribution in [3.8, 4) is 0 Å². The summed E-state index contributed by atoms with van der Waals surface area (Å²) in [6.07, 6.45) is 18.2. The average molecular weight is 494 g/mol. The molecule has 0 radical (unpaired) electrons. The fourth-order valence-corrected chi connectivity index (χ4v) is 10.1. The van der Waals surface area contributed by atoms with Crippen LogP contribution in [0.2, 0.25) is 0 Å². The molecule has 188 valence electrons. The van der Waals surface area contributed by atoms with Crippen LogP contribution in [0.5, 0.6) is 0 Å². The second-order valence-corrected chi connectivity index (χ2v) is 13.3. The molecule has 3 nitrogen and oxygen atoms in total. The van der Waals surface area contributed by atoms with E-state index in [1.54, 1.807) is 12.1 Å². The number of hydrogen-bond donors (Lipinski definition) is 0. The van der Waals surface area contributed by atoms with E-state index < -0.39 is 0 Å². The van der Waals surface area contributed by atoms with E-state index in [-0.39, 0.29) is 22.8 Å². The van der Waals surface area contributed by atoms with Crippen molar-refractivity contribution in [3.63, 3.8) is 0 Å². The maximum absolute atomic E-state index is 14.0. The van der Waals surface area contributed by atoms with E-state index >= 15 is 0 Å². The van der Waals surface area contributed by atoms with Gasteiger partial charge in [0.25, 0.3) is 0 Å². The second kappa shape index (κ2) is 8.62. The molecular formula is C30H40FN3S. The van der Waals surface area contributed by atoms with Crippen LogP contribution in [0.1, 0.15) is 89.9 Å². The number of nitrogens with zero attached hydrogens (tertiary/aromatic N) is 3. The van der Waals surface area contributed by atoms with Gasteiger partial charge in [0.05, 0.1) is 16.6 Å². The zero-order valence-corrected chi connectivity index (χ0v) is 21.9. The number of hydrogen-bond acceptors (Lipinski definition) is 3. The van der Waals surface area contributed by atoms with Gasteiger partial charge in [0.15, 0.2) is 0 Å². The number of rotatable bonds is 3. The summed E-state index contributed by atoms with van der Waals surface area (Å²) in [5.74, 6) is 3.66. The zero-order valence-electron chi connectivity index (χ0n) is 21.1. The molecule has 5 heteroatoms. The second-order valence-electron chi connectivity index (χ2n) is 12.9. The van der Waals surface area contributed by atoms with Gasteiger partial charge in [0.2, 0.25) is 0 Å². The molecule has 2 aliphatic heterocycles. The van der Waals surface area contributed by atoms with Gasteiger partial charge in [0, 0.05) is 11.1 Å². The van der Waals surface area contributed by atoms with Gasteiger partial charge in [-0.3, -0.25) is 14.8 Å². The number of aliphatic imine (C=N–C) groups is 1. The average Bonchev–Trinajstić information content (AvgIpc) is 3.06. The lowest BCUT2D eigenvalue weighted by Gasteiger charge is -2.55. The molecule has 1 aromatic carbocycles. The Labute approximate surface area is 215 Å². The summed E-state index contributed by atoms with van der Waals surface area (Å²) in [7, 11) is 0. The van der Waals surface area contributed by atoms with E-state index in [1.807, 2.05) is 12.1 Å². The Morgan fingerprint density at radius 3 is 1.97 bits per heavy atom. The molecule has 1 aromatic rings. The first-order valence-electron chi connectivity index (χ1n) is 14.5. The van der Waals surface area contributed by atoms with Crippen molar-refractivity contribution in [2.45, 2.75) is 101 Å². The van der Waals surface area contributed by atoms with Crippen molar-refractivity contribution < 1.29 is 4.39 Å². The smallest absolute Gasteiger partial charge is 0.127 e. The number of benzene rings is 1. The third-order valence-corrected chi connectivity index (χ3v) is 11.2. The Morgan fingerprint density at radius 2 is 1.37 bits per heavy atom. The molecule has 7 aliphatic rings. The molecule has 1 atom stereocenters. The van der Waals surface area contributed by atoms with Gasteiger partial charge < -0.3 is 0 Å². The van der Waals surface area contributed by atoms with Gasteiger partial charge in [-0.2, -0.15) is 0 Å². The number of piperidine rings is 1. The van der Waals surface area contributed by atoms with Gasteiger partial charge in [-0.15, -0.1) is 0 Å². The molecule has 2 saturated heterocycles. The number of amidine groups is 1. The van der Waals surface area contributed by atoms with Crippen LogP contribution in [0.25, 0.3) is 0 Å². The molecule has 0 aromatic heterocycles. The van der Waals surface area contributed by atoms with Gasteiger partial charge in [-0.1, -0.05) is 37.9 Å². The largest absolute Gasteiger partial charge is 0.293 e. The van der Waals surface area contributed by atoms with E-state index in [1.165, 1.54) is 95.7 Å². The maximum atomic E-state index is 14.0. The van der Waals surface area contributed by atoms with Gasteiger partial charge >= 0.3 is 0 Å². The van der Waals surface area contributed by atoms with Crippen LogP contribution in [0.4, 0.5) is 10.1 Å². The molecule has 5 aliphatic carbocycles. The van der Waals surface area contributed by atoms with E-state index in [9.17, 15) is 4.39 Å². The molecule has 0 N–H and O–H groups in total. The summed E-state index contributed by atoms with van der Waals surface area (Å²) in [5, 5.41) is 0. The molecule has 35 heavy (non-hydrogen) atoms. The molecule has 7 fully saturated rings. The van der Waals surface area contributed by atoms with Crippen LogP contribution in [0, 0.1) is 29.0 Å². The minimum absolute atomic E-state index is 0.000434. The molecular weight excluding hydrogens is 453 g/mol. The van der Waals surface area contributed by atoms with Crippen molar-refractivity contribution in [2.24, 2.45) is 28.2 Å². The van der Waals surface area contributed by atoms with Crippen molar-refractivity contribution in [3.05, 3.63) is 30.1 Å². The van der Waals surface area contributed by atoms with Gasteiger partial charge in [0.1, 0.15) is 11.7 Å². The van der Waals surface area contributed by atoms with Crippen molar-refractivity contribution in [1.29, 1.82) is 0 Å². The third-order valence-electron chi connectivity index (χ3n) is 10.6. The Balaban J connectivity index is 1.38. The Hall–Kier alpha value is -1.33. The lowest BCUT2D eigenvalue weighted by atomic mass is 9.53. The Morgan fingerprint density at radius 1 is 0.800 bits per heavy atom. The molecule has 1 spiro atoms. The van der Waals surface area contributed by atoms with Gasteiger partial charge in [-0.05, 0) is 119 Å². The van der Waals surface area contributed by atoms with Crippen LogP contribution >= 0.6 is 12.2 Å². The van der Waals surface area contributed by atoms with E-state index in [4.69, 9.17) is 17.2 Å². The van der Waals surface area contributed by atoms with Crippen LogP contribution in [-0.4, -0.2) is 40.4 Å². The highest BCUT2D eigenvalue weighted by atomic mass is 32.1. The van der Waals surface area contributed by atoms with Crippen molar-refractivity contribution in [1.82, 2.24) is 4.90 Å². The number of likely N-dealkylation sites (tertiary alicyclic amines) is 1. The van der Waals surface area contributed by atoms with E-state index in [0.717, 1.165) is 41.5 Å². The Bertz CT molecular complexity index is 970. The topological polar surface area (TPSA) is 18.8 Å². The summed E-state index contributed by atoms with van der Waals surface area (Å²) in [6.45, 7) is 2.32. The predicted octanol–water partition coefficient (Wildman–Crippen LogP) is 7.15. The van der Waals surface area contributed by atoms with Crippen LogP contribution in [0.15, 0.2) is 29.3 Å². The fourth-order valence-electron chi connectivity index (χ4n) is 9.57. The first-order valence-corrected chi connectivity index (χ1v) is 14.9. The molecule has 5 saturated carbocycles. The lowest BCUT2D eigenvalue weighted by molar-refractivity contribution is 0.000981. The highest BCUT2D eigenvalue weighted by Gasteiger charge is 2.59. The summed E-state index contributed by atoms with van der Waals surface area (Å²) in [6, 6.07) is 7.36. The SMILES string of the molecule is Fc1ccc(N2C(=S)C3(CCCCC3)[C@@H](N3CCCCC3)C2=NC23CC4CC(CC(C4)C2)C3)cc1. The van der Waals surface area contributed by atoms with Crippen molar-refractivity contribution in [2.75, 3.05) is 18.0 Å². The first kappa shape index (κ1) is 22.8. The summed E-state index contributed by atoms with van der Waals surface area (Å²) >= 11 is 6.44. The lowest BCUT2D eigenvalue weighted by Crippen LogP contribution is -2.54. The Kier molecular flexibility index (Phi) is 5.62. The highest BCUT2D eigenvalue weighted by molar-refractivity contribution is 7.80. The summed E-state index contributed by atoms with van der Waals surface area (Å²) in [5.41, 5.74) is 1.12. The zero-order chi connectivity index (χ0) is 23.6. The third kappa shape index (κ3) is 3.74. The van der Waals surface area contributed by atoms with Crippen LogP contribution < -0.4 is 4.90 Å². The summed E-state index contributed by atoms with van der Waals surface area (Å²) in [4.78, 5) is 12.1. The molecule has 4 bridgehead atoms. The molecule has 0 amide bonds. The monoisotopic (exact) mass is 493 g/mol. The van der Waals surface area contributed by atoms with E-state index in [0.29, 0.717) is 0 Å². The summed E-state index contributed by atoms with van der Waals surface area (Å²) < 4.78 is 14.0. The predicted molar refractivity (Wildman–Crippen MR) is 145 cm³/mol. The molecule has 8 rings (SSSR count). The van der Waals surface area contributed by atoms with Crippen LogP contribution in [-0.2, 0) is 0 Å². The molecule has 0 unspecified atom stereocenters. The minimum Gasteiger partial charge on any atom is -0.293 e. The standard InChI is InChI=1S/C30H40FN3S/c31-24-7-9-25(10-8-24)34-27(32-29-18-21-15-22(19-29)17-23(16-21)20-29)26(33-13-5-2-6-14-33)30(28(34)35)11-3-1-4-12-30/h7-10,21-23,26H,1-6,11-20H2/t21?,22?,23?,26-,29?/m0/s1. The van der Waals surface area contributed by atoms with Crippen LogP contribution in [0.3, 0.4) is 0 Å². The number of anilines is 1. The number of thiocarbonyl (C=S) groups is 1. The van der Waals surface area contributed by atoms with E-state index in [2.05, 4.69) is 9.80 Å². The normalized spacial score (nSPS) is 39.7. The number of halogens is 1. The fraction of sp³-hybridized carbons (Fsp3) is 0.733. The van der Waals surface area contributed by atoms with Gasteiger partial charge in [-0.25, -0.2) is 4.39 Å². The van der Waals surface area contributed by atoms with Crippen molar-refractivity contribution >= 4 is 28.7 Å². The highest BCUT2D eigenvalue weighted by Crippen LogP contribution is 2.58. The minimum atomic E-state index is -0.182. The molecule has 2 heterocycles. The first-order chi connectivity index (χ1) is 17.1. The maximum Gasteiger partial charge on any atom is 0.127 e.